The van der Waals surface area contributed by atoms with Gasteiger partial charge in [-0.3, -0.25) is 14.5 Å². The summed E-state index contributed by atoms with van der Waals surface area (Å²) in [5.74, 6) is -1.50. The van der Waals surface area contributed by atoms with Crippen LogP contribution in [0.3, 0.4) is 0 Å². The predicted molar refractivity (Wildman–Crippen MR) is 122 cm³/mol. The molecule has 2 N–H and O–H groups in total. The lowest BCUT2D eigenvalue weighted by atomic mass is 9.94. The molecule has 34 heavy (non-hydrogen) atoms. The van der Waals surface area contributed by atoms with Crippen molar-refractivity contribution >= 4 is 34.0 Å². The van der Waals surface area contributed by atoms with Crippen LogP contribution >= 0.6 is 0 Å². The summed E-state index contributed by atoms with van der Waals surface area (Å²) in [7, 11) is 0. The molecule has 0 saturated carbocycles. The van der Waals surface area contributed by atoms with E-state index in [9.17, 15) is 19.1 Å². The van der Waals surface area contributed by atoms with Gasteiger partial charge in [-0.05, 0) is 42.5 Å². The molecule has 168 valence electrons. The first-order valence-corrected chi connectivity index (χ1v) is 10.6. The number of hydrogen-bond acceptors (Lipinski definition) is 5. The van der Waals surface area contributed by atoms with Crippen molar-refractivity contribution < 1.29 is 28.6 Å². The average Bonchev–Trinajstić information content (AvgIpc) is 3.55. The topological polar surface area (TPSA) is 91.9 Å². The summed E-state index contributed by atoms with van der Waals surface area (Å²) in [5, 5.41) is 12.0. The van der Waals surface area contributed by atoms with E-state index in [1.165, 1.54) is 29.2 Å². The van der Waals surface area contributed by atoms with Crippen molar-refractivity contribution in [1.82, 2.24) is 4.98 Å². The number of halogens is 1. The van der Waals surface area contributed by atoms with Gasteiger partial charge in [-0.25, -0.2) is 4.39 Å². The molecular formula is C26H17FN2O5. The van der Waals surface area contributed by atoms with Gasteiger partial charge in [-0.1, -0.05) is 18.2 Å². The highest BCUT2D eigenvalue weighted by atomic mass is 19.1. The van der Waals surface area contributed by atoms with Gasteiger partial charge in [0.1, 0.15) is 11.6 Å². The largest absolute Gasteiger partial charge is 0.507 e. The molecule has 1 aromatic heterocycles. The Labute approximate surface area is 192 Å². The summed E-state index contributed by atoms with van der Waals surface area (Å²) in [6, 6.07) is 16.6. The molecule has 1 unspecified atom stereocenters. The Morgan fingerprint density at radius 2 is 1.76 bits per heavy atom. The summed E-state index contributed by atoms with van der Waals surface area (Å²) in [6.45, 7) is 0.0635. The van der Waals surface area contributed by atoms with Crippen LogP contribution in [0.4, 0.5) is 10.1 Å². The third-order valence-electron chi connectivity index (χ3n) is 6.11. The maximum atomic E-state index is 13.5. The maximum absolute atomic E-state index is 13.5. The summed E-state index contributed by atoms with van der Waals surface area (Å²) in [5.41, 5.74) is 2.01. The Hall–Kier alpha value is -4.59. The Kier molecular flexibility index (Phi) is 4.41. The third-order valence-corrected chi connectivity index (χ3v) is 6.11. The molecule has 0 radical (unpaired) electrons. The zero-order valence-corrected chi connectivity index (χ0v) is 17.6. The molecule has 2 aliphatic heterocycles. The highest BCUT2D eigenvalue weighted by Crippen LogP contribution is 2.46. The number of amides is 1. The van der Waals surface area contributed by atoms with Crippen molar-refractivity contribution in [1.29, 1.82) is 0 Å². The number of aliphatic hydroxyl groups excluding tert-OH is 1. The molecular weight excluding hydrogens is 439 g/mol. The van der Waals surface area contributed by atoms with E-state index in [0.29, 0.717) is 22.7 Å². The fourth-order valence-corrected chi connectivity index (χ4v) is 4.51. The first-order valence-electron chi connectivity index (χ1n) is 10.6. The zero-order chi connectivity index (χ0) is 23.4. The molecule has 4 aromatic rings. The van der Waals surface area contributed by atoms with E-state index in [-0.39, 0.29) is 23.7 Å². The number of ether oxygens (including phenoxy) is 2. The SMILES string of the molecule is O=C1C(=O)N(c2ccc3c(c2)OCO3)C(c2c[nH]c3ccccc23)/C1=C(\O)c1ccc(F)cc1. The number of nitrogens with zero attached hydrogens (tertiary/aromatic N) is 1. The number of hydrogen-bond donors (Lipinski definition) is 2. The number of aliphatic hydroxyl groups is 1. The van der Waals surface area contributed by atoms with Gasteiger partial charge in [-0.15, -0.1) is 0 Å². The van der Waals surface area contributed by atoms with Gasteiger partial charge >= 0.3 is 0 Å². The van der Waals surface area contributed by atoms with Crippen LogP contribution in [-0.2, 0) is 9.59 Å². The Bertz CT molecular complexity index is 1510. The standard InChI is InChI=1S/C26H17FN2O5/c27-15-7-5-14(6-8-15)24(30)22-23(18-12-28-19-4-2-1-3-17(18)19)29(26(32)25(22)31)16-9-10-20-21(11-16)34-13-33-20/h1-12,23,28,30H,13H2/b24-22+. The third kappa shape index (κ3) is 2.96. The molecule has 1 saturated heterocycles. The fraction of sp³-hybridized carbons (Fsp3) is 0.0769. The second-order valence-electron chi connectivity index (χ2n) is 8.00. The second-order valence-corrected chi connectivity index (χ2v) is 8.00. The number of aromatic amines is 1. The van der Waals surface area contributed by atoms with Gasteiger partial charge in [-0.2, -0.15) is 0 Å². The highest BCUT2D eigenvalue weighted by Gasteiger charge is 2.48. The number of anilines is 1. The molecule has 1 atom stereocenters. The fourth-order valence-electron chi connectivity index (χ4n) is 4.51. The number of ketones is 1. The summed E-state index contributed by atoms with van der Waals surface area (Å²) in [6.07, 6.45) is 1.72. The average molecular weight is 456 g/mol. The van der Waals surface area contributed by atoms with Crippen molar-refractivity contribution in [2.24, 2.45) is 0 Å². The number of H-pyrrole nitrogens is 1. The van der Waals surface area contributed by atoms with Gasteiger partial charge in [0.25, 0.3) is 11.7 Å². The number of Topliss-reactive ketones (excluding diaryl/α,β-unsaturated/α-hetero) is 1. The monoisotopic (exact) mass is 456 g/mol. The number of aromatic nitrogens is 1. The smallest absolute Gasteiger partial charge is 0.300 e. The number of carbonyl (C=O) groups is 2. The van der Waals surface area contributed by atoms with E-state index < -0.39 is 23.5 Å². The van der Waals surface area contributed by atoms with E-state index in [4.69, 9.17) is 9.47 Å². The maximum Gasteiger partial charge on any atom is 0.300 e. The minimum absolute atomic E-state index is 0.0635. The number of fused-ring (bicyclic) bond motifs is 2. The van der Waals surface area contributed by atoms with E-state index in [0.717, 1.165) is 10.9 Å². The van der Waals surface area contributed by atoms with E-state index in [1.54, 1.807) is 24.4 Å². The first-order chi connectivity index (χ1) is 16.5. The number of nitrogens with one attached hydrogen (secondary N) is 1. The second kappa shape index (κ2) is 7.48. The number of benzene rings is 3. The van der Waals surface area contributed by atoms with Crippen LogP contribution < -0.4 is 14.4 Å². The van der Waals surface area contributed by atoms with Crippen LogP contribution in [0.2, 0.25) is 0 Å². The normalized spacial score (nSPS) is 18.7. The highest BCUT2D eigenvalue weighted by molar-refractivity contribution is 6.52. The quantitative estimate of drug-likeness (QED) is 0.266. The van der Waals surface area contributed by atoms with Crippen molar-refractivity contribution in [2.75, 3.05) is 11.7 Å². The zero-order valence-electron chi connectivity index (χ0n) is 17.6. The summed E-state index contributed by atoms with van der Waals surface area (Å²) < 4.78 is 24.3. The summed E-state index contributed by atoms with van der Waals surface area (Å²) in [4.78, 5) is 31.1. The van der Waals surface area contributed by atoms with Crippen LogP contribution in [0.1, 0.15) is 17.2 Å². The molecule has 2 aliphatic rings. The molecule has 0 aliphatic carbocycles. The molecule has 3 heterocycles. The van der Waals surface area contributed by atoms with Crippen molar-refractivity contribution in [2.45, 2.75) is 6.04 Å². The minimum atomic E-state index is -0.929. The van der Waals surface area contributed by atoms with Crippen LogP contribution in [0.15, 0.2) is 78.5 Å². The lowest BCUT2D eigenvalue weighted by Crippen LogP contribution is -2.29. The van der Waals surface area contributed by atoms with Gasteiger partial charge in [0.15, 0.2) is 11.5 Å². The first kappa shape index (κ1) is 20.0. The van der Waals surface area contributed by atoms with E-state index >= 15 is 0 Å². The minimum Gasteiger partial charge on any atom is -0.507 e. The number of carbonyl (C=O) groups excluding carboxylic acids is 2. The van der Waals surface area contributed by atoms with Crippen molar-refractivity contribution in [3.8, 4) is 11.5 Å². The Balaban J connectivity index is 1.59. The van der Waals surface area contributed by atoms with Crippen LogP contribution in [-0.4, -0.2) is 28.6 Å². The van der Waals surface area contributed by atoms with Crippen molar-refractivity contribution in [3.05, 3.63) is 95.4 Å². The predicted octanol–water partition coefficient (Wildman–Crippen LogP) is 4.66. The van der Waals surface area contributed by atoms with Gasteiger partial charge in [0.2, 0.25) is 6.79 Å². The van der Waals surface area contributed by atoms with E-state index in [1.807, 2.05) is 24.3 Å². The van der Waals surface area contributed by atoms with Crippen LogP contribution in [0.25, 0.3) is 16.7 Å². The lowest BCUT2D eigenvalue weighted by molar-refractivity contribution is -0.132. The number of para-hydroxylation sites is 1. The van der Waals surface area contributed by atoms with Crippen LogP contribution in [0.5, 0.6) is 11.5 Å². The molecule has 6 rings (SSSR count). The Morgan fingerprint density at radius 3 is 2.59 bits per heavy atom. The van der Waals surface area contributed by atoms with E-state index in [2.05, 4.69) is 4.98 Å². The molecule has 1 fully saturated rings. The molecule has 1 amide bonds. The van der Waals surface area contributed by atoms with Crippen LogP contribution in [0, 0.1) is 5.82 Å². The Morgan fingerprint density at radius 1 is 1.00 bits per heavy atom. The van der Waals surface area contributed by atoms with Gasteiger partial charge in [0, 0.05) is 40.0 Å². The van der Waals surface area contributed by atoms with Crippen molar-refractivity contribution in [3.63, 3.8) is 0 Å². The molecule has 0 bridgehead atoms. The molecule has 7 nitrogen and oxygen atoms in total. The molecule has 3 aromatic carbocycles. The molecule has 0 spiro atoms. The lowest BCUT2D eigenvalue weighted by Gasteiger charge is -2.25. The van der Waals surface area contributed by atoms with Gasteiger partial charge in [0.05, 0.1) is 11.6 Å². The summed E-state index contributed by atoms with van der Waals surface area (Å²) >= 11 is 0. The molecule has 8 heteroatoms. The number of rotatable bonds is 3. The van der Waals surface area contributed by atoms with Gasteiger partial charge < -0.3 is 19.6 Å².